The van der Waals surface area contributed by atoms with Crippen LogP contribution in [0, 0.1) is 5.82 Å². The van der Waals surface area contributed by atoms with E-state index >= 15 is 0 Å². The molecule has 2 aromatic carbocycles. The Morgan fingerprint density at radius 3 is 2.78 bits per heavy atom. The van der Waals surface area contributed by atoms with Gasteiger partial charge in [0.2, 0.25) is 0 Å². The number of hydrogen-bond donors (Lipinski definition) is 0. The normalized spacial score (nSPS) is 17.9. The monoisotopic (exact) mass is 260 g/mol. The Morgan fingerprint density at radius 2 is 2.00 bits per heavy atom. The third-order valence-corrected chi connectivity index (χ3v) is 3.57. The molecule has 0 unspecified atom stereocenters. The minimum absolute atomic E-state index is 0.0551. The van der Waals surface area contributed by atoms with Gasteiger partial charge in [-0.2, -0.15) is 0 Å². The average Bonchev–Trinajstić information content (AvgIpc) is 2.67. The molecule has 1 aliphatic rings. The average molecular weight is 261 g/mol. The van der Waals surface area contributed by atoms with E-state index in [0.29, 0.717) is 17.0 Å². The first-order valence-electron chi connectivity index (χ1n) is 5.73. The Morgan fingerprint density at radius 1 is 1.17 bits per heavy atom. The van der Waals surface area contributed by atoms with Crippen LogP contribution in [0.2, 0.25) is 5.02 Å². The van der Waals surface area contributed by atoms with E-state index in [-0.39, 0.29) is 17.5 Å². The Labute approximate surface area is 109 Å². The Hall–Kier alpha value is -1.67. The molecule has 2 aromatic rings. The molecule has 1 atom stereocenters. The maximum absolute atomic E-state index is 13.3. The van der Waals surface area contributed by atoms with Gasteiger partial charge in [0.15, 0.2) is 5.78 Å². The fraction of sp³-hybridized carbons (Fsp3) is 0.133. The number of halogens is 2. The molecule has 3 heteroatoms. The lowest BCUT2D eigenvalue weighted by Gasteiger charge is -2.11. The van der Waals surface area contributed by atoms with E-state index in [1.165, 1.54) is 12.1 Å². The van der Waals surface area contributed by atoms with Crippen LogP contribution in [-0.4, -0.2) is 5.78 Å². The maximum Gasteiger partial charge on any atom is 0.164 e. The van der Waals surface area contributed by atoms with Gasteiger partial charge < -0.3 is 0 Å². The van der Waals surface area contributed by atoms with E-state index in [0.717, 1.165) is 11.1 Å². The number of carbonyl (C=O) groups excluding carboxylic acids is 1. The molecule has 0 saturated heterocycles. The maximum atomic E-state index is 13.3. The standard InChI is InChI=1S/C15H10ClFO/c16-10-4-5-12-13(8-15(18)14(12)7-10)9-2-1-3-11(17)6-9/h1-7,13H,8H2/t13-/m1/s1. The van der Waals surface area contributed by atoms with Crippen molar-refractivity contribution >= 4 is 17.4 Å². The zero-order valence-electron chi connectivity index (χ0n) is 9.49. The first-order valence-corrected chi connectivity index (χ1v) is 6.11. The van der Waals surface area contributed by atoms with Gasteiger partial charge in [-0.1, -0.05) is 29.8 Å². The molecular weight excluding hydrogens is 251 g/mol. The number of ketones is 1. The lowest BCUT2D eigenvalue weighted by atomic mass is 9.93. The zero-order valence-corrected chi connectivity index (χ0v) is 10.2. The summed E-state index contributed by atoms with van der Waals surface area (Å²) < 4.78 is 13.3. The summed E-state index contributed by atoms with van der Waals surface area (Å²) in [6.45, 7) is 0. The van der Waals surface area contributed by atoms with Crippen LogP contribution in [0.4, 0.5) is 4.39 Å². The largest absolute Gasteiger partial charge is 0.294 e. The molecule has 1 aliphatic carbocycles. The number of benzene rings is 2. The van der Waals surface area contributed by atoms with E-state index in [1.54, 1.807) is 18.2 Å². The van der Waals surface area contributed by atoms with Gasteiger partial charge in [-0.05, 0) is 35.4 Å². The lowest BCUT2D eigenvalue weighted by molar-refractivity contribution is 0.0991. The Balaban J connectivity index is 2.10. The van der Waals surface area contributed by atoms with Crippen LogP contribution in [0.15, 0.2) is 42.5 Å². The molecule has 0 saturated carbocycles. The van der Waals surface area contributed by atoms with Crippen LogP contribution < -0.4 is 0 Å². The minimum Gasteiger partial charge on any atom is -0.294 e. The molecule has 90 valence electrons. The molecule has 0 fully saturated rings. The second-order valence-electron chi connectivity index (χ2n) is 4.47. The third-order valence-electron chi connectivity index (χ3n) is 3.33. The van der Waals surface area contributed by atoms with Gasteiger partial charge in [0.1, 0.15) is 5.82 Å². The predicted molar refractivity (Wildman–Crippen MR) is 68.6 cm³/mol. The molecule has 0 spiro atoms. The summed E-state index contributed by atoms with van der Waals surface area (Å²) in [5.74, 6) is -0.260. The van der Waals surface area contributed by atoms with Crippen molar-refractivity contribution < 1.29 is 9.18 Å². The lowest BCUT2D eigenvalue weighted by Crippen LogP contribution is -1.97. The fourth-order valence-corrected chi connectivity index (χ4v) is 2.67. The number of hydrogen-bond acceptors (Lipinski definition) is 1. The summed E-state index contributed by atoms with van der Waals surface area (Å²) in [5.41, 5.74) is 2.44. The first kappa shape index (κ1) is 11.4. The summed E-state index contributed by atoms with van der Waals surface area (Å²) in [6.07, 6.45) is 0.388. The molecule has 0 heterocycles. The number of carbonyl (C=O) groups is 1. The Bertz CT molecular complexity index is 636. The van der Waals surface area contributed by atoms with Crippen molar-refractivity contribution in [1.82, 2.24) is 0 Å². The summed E-state index contributed by atoms with van der Waals surface area (Å²) in [4.78, 5) is 11.9. The smallest absolute Gasteiger partial charge is 0.164 e. The van der Waals surface area contributed by atoms with Gasteiger partial charge in [-0.25, -0.2) is 4.39 Å². The van der Waals surface area contributed by atoms with E-state index in [2.05, 4.69) is 0 Å². The van der Waals surface area contributed by atoms with Gasteiger partial charge in [0.25, 0.3) is 0 Å². The fourth-order valence-electron chi connectivity index (χ4n) is 2.50. The molecular formula is C15H10ClFO. The van der Waals surface area contributed by atoms with Gasteiger partial charge in [-0.15, -0.1) is 0 Å². The first-order chi connectivity index (χ1) is 8.65. The van der Waals surface area contributed by atoms with E-state index < -0.39 is 0 Å². The molecule has 0 bridgehead atoms. The minimum atomic E-state index is -0.276. The number of rotatable bonds is 1. The van der Waals surface area contributed by atoms with Crippen molar-refractivity contribution in [2.75, 3.05) is 0 Å². The molecule has 1 nitrogen and oxygen atoms in total. The zero-order chi connectivity index (χ0) is 12.7. The van der Waals surface area contributed by atoms with E-state index in [9.17, 15) is 9.18 Å². The molecule has 0 aliphatic heterocycles. The number of Topliss-reactive ketones (excluding diaryl/α,β-unsaturated/α-hetero) is 1. The van der Waals surface area contributed by atoms with Crippen molar-refractivity contribution in [1.29, 1.82) is 0 Å². The molecule has 0 aromatic heterocycles. The quantitative estimate of drug-likeness (QED) is 0.751. The third kappa shape index (κ3) is 1.83. The summed E-state index contributed by atoms with van der Waals surface area (Å²) in [6, 6.07) is 11.7. The second kappa shape index (κ2) is 4.21. The van der Waals surface area contributed by atoms with Gasteiger partial charge in [0, 0.05) is 22.9 Å². The van der Waals surface area contributed by atoms with Gasteiger partial charge in [0.05, 0.1) is 0 Å². The van der Waals surface area contributed by atoms with Crippen molar-refractivity contribution in [3.05, 3.63) is 70.0 Å². The highest BCUT2D eigenvalue weighted by Gasteiger charge is 2.30. The summed E-state index contributed by atoms with van der Waals surface area (Å²) >= 11 is 5.90. The predicted octanol–water partition coefficient (Wildman–Crippen LogP) is 4.20. The molecule has 0 N–H and O–H groups in total. The van der Waals surface area contributed by atoms with Crippen LogP contribution in [0.5, 0.6) is 0 Å². The van der Waals surface area contributed by atoms with Crippen LogP contribution >= 0.6 is 11.6 Å². The second-order valence-corrected chi connectivity index (χ2v) is 4.90. The van der Waals surface area contributed by atoms with Crippen LogP contribution in [0.25, 0.3) is 0 Å². The van der Waals surface area contributed by atoms with Crippen LogP contribution in [0.1, 0.15) is 33.8 Å². The van der Waals surface area contributed by atoms with Crippen molar-refractivity contribution in [2.24, 2.45) is 0 Å². The van der Waals surface area contributed by atoms with Crippen molar-refractivity contribution in [2.45, 2.75) is 12.3 Å². The molecule has 18 heavy (non-hydrogen) atoms. The van der Waals surface area contributed by atoms with Crippen molar-refractivity contribution in [3.8, 4) is 0 Å². The molecule has 0 radical (unpaired) electrons. The molecule has 3 rings (SSSR count). The van der Waals surface area contributed by atoms with Crippen LogP contribution in [-0.2, 0) is 0 Å². The van der Waals surface area contributed by atoms with Gasteiger partial charge in [-0.3, -0.25) is 4.79 Å². The van der Waals surface area contributed by atoms with E-state index in [4.69, 9.17) is 11.6 Å². The topological polar surface area (TPSA) is 17.1 Å². The SMILES string of the molecule is O=C1C[C@H](c2cccc(F)c2)c2ccc(Cl)cc21. The highest BCUT2D eigenvalue weighted by molar-refractivity contribution is 6.31. The van der Waals surface area contributed by atoms with E-state index in [1.807, 2.05) is 12.1 Å². The van der Waals surface area contributed by atoms with Gasteiger partial charge >= 0.3 is 0 Å². The van der Waals surface area contributed by atoms with Crippen molar-refractivity contribution in [3.63, 3.8) is 0 Å². The molecule has 0 amide bonds. The Kier molecular flexibility index (Phi) is 2.67. The highest BCUT2D eigenvalue weighted by Crippen LogP contribution is 2.39. The number of fused-ring (bicyclic) bond motifs is 1. The highest BCUT2D eigenvalue weighted by atomic mass is 35.5. The summed E-state index contributed by atoms with van der Waals surface area (Å²) in [5, 5.41) is 0.557. The summed E-state index contributed by atoms with van der Waals surface area (Å²) in [7, 11) is 0. The van der Waals surface area contributed by atoms with Crippen LogP contribution in [0.3, 0.4) is 0 Å².